The van der Waals surface area contributed by atoms with E-state index >= 15 is 0 Å². The van der Waals surface area contributed by atoms with Gasteiger partial charge in [-0.05, 0) is 18.9 Å². The van der Waals surface area contributed by atoms with E-state index in [1.54, 1.807) is 0 Å². The second-order valence-electron chi connectivity index (χ2n) is 4.85. The number of nitrogens with one attached hydrogen (secondary N) is 1. The molecule has 0 amide bonds. The third-order valence-corrected chi connectivity index (χ3v) is 3.76. The Hall–Kier alpha value is -1.40. The number of aromatic nitrogens is 1. The third kappa shape index (κ3) is 4.55. The van der Waals surface area contributed by atoms with Crippen molar-refractivity contribution in [1.82, 2.24) is 4.98 Å². The molecule has 2 rings (SSSR count). The fourth-order valence-electron chi connectivity index (χ4n) is 2.34. The Balaban J connectivity index is 0.00000116. The number of esters is 1. The molecule has 0 spiro atoms. The molecule has 5 nitrogen and oxygen atoms in total. The van der Waals surface area contributed by atoms with Crippen LogP contribution in [-0.4, -0.2) is 30.1 Å². The van der Waals surface area contributed by atoms with Gasteiger partial charge in [-0.25, -0.2) is 14.2 Å². The minimum Gasteiger partial charge on any atom is -0.465 e. The van der Waals surface area contributed by atoms with E-state index in [-0.39, 0.29) is 28.6 Å². The van der Waals surface area contributed by atoms with Crippen molar-refractivity contribution in [1.29, 1.82) is 0 Å². The summed E-state index contributed by atoms with van der Waals surface area (Å²) in [6, 6.07) is 0.951. The minimum atomic E-state index is -0.720. The van der Waals surface area contributed by atoms with E-state index < -0.39 is 11.8 Å². The fourth-order valence-corrected chi connectivity index (χ4v) is 2.55. The first-order valence-electron chi connectivity index (χ1n) is 7.49. The summed E-state index contributed by atoms with van der Waals surface area (Å²) in [7, 11) is 1.20. The van der Waals surface area contributed by atoms with Crippen molar-refractivity contribution in [2.45, 2.75) is 51.6 Å². The first kappa shape index (κ1) is 18.6. The number of rotatable bonds is 3. The fraction of sp³-hybridized carbons (Fsp3) is 0.600. The van der Waals surface area contributed by atoms with Gasteiger partial charge in [-0.2, -0.15) is 0 Å². The summed E-state index contributed by atoms with van der Waals surface area (Å²) in [5, 5.41) is 2.88. The average molecular weight is 332 g/mol. The molecule has 0 bridgehead atoms. The Morgan fingerprint density at radius 1 is 1.45 bits per heavy atom. The number of methoxy groups -OCH3 is 1. The number of pyridine rings is 1. The molecule has 7 heteroatoms. The number of anilines is 1. The molecule has 2 atom stereocenters. The highest BCUT2D eigenvalue weighted by molar-refractivity contribution is 6.32. The quantitative estimate of drug-likeness (QED) is 0.656. The van der Waals surface area contributed by atoms with Crippen LogP contribution in [0, 0.1) is 5.82 Å². The predicted octanol–water partition coefficient (Wildman–Crippen LogP) is 3.37. The Morgan fingerprint density at radius 2 is 2.09 bits per heavy atom. The van der Waals surface area contributed by atoms with E-state index in [4.69, 9.17) is 17.3 Å². The molecule has 1 aliphatic rings. The Morgan fingerprint density at radius 3 is 2.68 bits per heavy atom. The van der Waals surface area contributed by atoms with Crippen LogP contribution in [0.25, 0.3) is 0 Å². The number of ether oxygens (including phenoxy) is 1. The molecular formula is C15H23ClFN3O2. The standard InChI is InChI=1S/C13H17ClFN3O2.C2H6/c1-20-13(19)7-6-8(15)12(18-11(7)14)17-10-5-3-2-4-9(10)16;1-2/h6,9-10H,2-5,16H2,1H3,(H,17,18);1-2H3. The van der Waals surface area contributed by atoms with Gasteiger partial charge >= 0.3 is 5.97 Å². The van der Waals surface area contributed by atoms with Crippen LogP contribution in [0.5, 0.6) is 0 Å². The number of nitrogens with two attached hydrogens (primary N) is 1. The van der Waals surface area contributed by atoms with Gasteiger partial charge in [0.1, 0.15) is 10.7 Å². The van der Waals surface area contributed by atoms with Gasteiger partial charge in [0.25, 0.3) is 0 Å². The number of carbonyl (C=O) groups is 1. The molecule has 3 N–H and O–H groups in total. The van der Waals surface area contributed by atoms with Crippen molar-refractivity contribution >= 4 is 23.4 Å². The van der Waals surface area contributed by atoms with Gasteiger partial charge in [0.2, 0.25) is 0 Å². The van der Waals surface area contributed by atoms with E-state index in [1.807, 2.05) is 13.8 Å². The molecular weight excluding hydrogens is 309 g/mol. The lowest BCUT2D eigenvalue weighted by Crippen LogP contribution is -2.43. The second kappa shape index (κ2) is 8.90. The molecule has 1 fully saturated rings. The van der Waals surface area contributed by atoms with Gasteiger partial charge in [0.15, 0.2) is 11.6 Å². The first-order valence-corrected chi connectivity index (χ1v) is 7.87. The van der Waals surface area contributed by atoms with Crippen molar-refractivity contribution in [2.75, 3.05) is 12.4 Å². The molecule has 0 aliphatic heterocycles. The topological polar surface area (TPSA) is 77.2 Å². The first-order chi connectivity index (χ1) is 10.5. The Bertz CT molecular complexity index is 514. The van der Waals surface area contributed by atoms with E-state index in [0.717, 1.165) is 31.7 Å². The number of carbonyl (C=O) groups excluding carboxylic acids is 1. The summed E-state index contributed by atoms with van der Waals surface area (Å²) in [5.41, 5.74) is 5.90. The van der Waals surface area contributed by atoms with Crippen molar-refractivity contribution in [3.8, 4) is 0 Å². The van der Waals surface area contributed by atoms with E-state index in [1.165, 1.54) is 7.11 Å². The van der Waals surface area contributed by atoms with Gasteiger partial charge < -0.3 is 15.8 Å². The lowest BCUT2D eigenvalue weighted by atomic mass is 9.91. The van der Waals surface area contributed by atoms with E-state index in [0.29, 0.717) is 0 Å². The summed E-state index contributed by atoms with van der Waals surface area (Å²) in [6.07, 6.45) is 3.88. The molecule has 124 valence electrons. The van der Waals surface area contributed by atoms with Crippen LogP contribution in [0.4, 0.5) is 10.2 Å². The summed E-state index contributed by atoms with van der Waals surface area (Å²) in [5.74, 6) is -1.35. The summed E-state index contributed by atoms with van der Waals surface area (Å²) >= 11 is 5.88. The molecule has 1 aromatic rings. The average Bonchev–Trinajstić information content (AvgIpc) is 2.54. The molecule has 1 heterocycles. The SMILES string of the molecule is CC.COC(=O)c1cc(F)c(NC2CCCCC2N)nc1Cl. The highest BCUT2D eigenvalue weighted by Gasteiger charge is 2.24. The Labute approximate surface area is 135 Å². The molecule has 22 heavy (non-hydrogen) atoms. The maximum atomic E-state index is 14.0. The summed E-state index contributed by atoms with van der Waals surface area (Å²) < 4.78 is 18.5. The van der Waals surface area contributed by atoms with Crippen LogP contribution in [-0.2, 0) is 4.74 Å². The van der Waals surface area contributed by atoms with Crippen LogP contribution < -0.4 is 11.1 Å². The highest BCUT2D eigenvalue weighted by Crippen LogP contribution is 2.25. The van der Waals surface area contributed by atoms with Gasteiger partial charge in [0.05, 0.1) is 7.11 Å². The zero-order valence-corrected chi connectivity index (χ0v) is 13.9. The van der Waals surface area contributed by atoms with Crippen LogP contribution in [0.15, 0.2) is 6.07 Å². The molecule has 1 aliphatic carbocycles. The van der Waals surface area contributed by atoms with Crippen LogP contribution in [0.1, 0.15) is 49.9 Å². The van der Waals surface area contributed by atoms with E-state index in [9.17, 15) is 9.18 Å². The smallest absolute Gasteiger partial charge is 0.341 e. The zero-order valence-electron chi connectivity index (χ0n) is 13.2. The zero-order chi connectivity index (χ0) is 16.7. The van der Waals surface area contributed by atoms with Gasteiger partial charge in [-0.15, -0.1) is 0 Å². The van der Waals surface area contributed by atoms with Gasteiger partial charge in [0, 0.05) is 12.1 Å². The minimum absolute atomic E-state index is 0.0185. The summed E-state index contributed by atoms with van der Waals surface area (Å²) in [6.45, 7) is 4.00. The maximum absolute atomic E-state index is 14.0. The normalized spacial score (nSPS) is 20.6. The molecule has 1 aromatic heterocycles. The van der Waals surface area contributed by atoms with Gasteiger partial charge in [-0.3, -0.25) is 0 Å². The molecule has 0 saturated heterocycles. The van der Waals surface area contributed by atoms with Crippen LogP contribution in [0.3, 0.4) is 0 Å². The van der Waals surface area contributed by atoms with Crippen molar-refractivity contribution < 1.29 is 13.9 Å². The van der Waals surface area contributed by atoms with E-state index in [2.05, 4.69) is 15.0 Å². The Kier molecular flexibility index (Phi) is 7.55. The van der Waals surface area contributed by atoms with Crippen molar-refractivity contribution in [2.24, 2.45) is 5.73 Å². The molecule has 2 unspecified atom stereocenters. The van der Waals surface area contributed by atoms with Crippen LogP contribution >= 0.6 is 11.6 Å². The predicted molar refractivity (Wildman–Crippen MR) is 85.7 cm³/mol. The van der Waals surface area contributed by atoms with Crippen LogP contribution in [0.2, 0.25) is 5.15 Å². The maximum Gasteiger partial charge on any atom is 0.341 e. The number of hydrogen-bond donors (Lipinski definition) is 2. The molecule has 0 aromatic carbocycles. The van der Waals surface area contributed by atoms with Crippen molar-refractivity contribution in [3.63, 3.8) is 0 Å². The van der Waals surface area contributed by atoms with Crippen molar-refractivity contribution in [3.05, 3.63) is 22.6 Å². The summed E-state index contributed by atoms with van der Waals surface area (Å²) in [4.78, 5) is 15.3. The number of hydrogen-bond acceptors (Lipinski definition) is 5. The molecule has 0 radical (unpaired) electrons. The monoisotopic (exact) mass is 331 g/mol. The lowest BCUT2D eigenvalue weighted by Gasteiger charge is -2.29. The number of halogens is 2. The molecule has 1 saturated carbocycles. The van der Waals surface area contributed by atoms with Gasteiger partial charge in [-0.1, -0.05) is 38.3 Å². The largest absolute Gasteiger partial charge is 0.465 e. The lowest BCUT2D eigenvalue weighted by molar-refractivity contribution is 0.0600. The number of nitrogens with zero attached hydrogens (tertiary/aromatic N) is 1. The third-order valence-electron chi connectivity index (χ3n) is 3.48. The second-order valence-corrected chi connectivity index (χ2v) is 5.21. The highest BCUT2D eigenvalue weighted by atomic mass is 35.5.